The minimum atomic E-state index is -0.120. The van der Waals surface area contributed by atoms with Gasteiger partial charge in [0.15, 0.2) is 11.6 Å². The molecular weight excluding hydrogens is 240 g/mol. The second kappa shape index (κ2) is 4.33. The summed E-state index contributed by atoms with van der Waals surface area (Å²) < 4.78 is 0. The number of ketones is 2. The van der Waals surface area contributed by atoms with Crippen LogP contribution in [0.15, 0.2) is 42.5 Å². The van der Waals surface area contributed by atoms with E-state index in [2.05, 4.69) is 5.32 Å². The van der Waals surface area contributed by atoms with E-state index in [1.54, 1.807) is 42.5 Å². The maximum atomic E-state index is 12.4. The Hall–Kier alpha value is -2.46. The van der Waals surface area contributed by atoms with Gasteiger partial charge in [-0.2, -0.15) is 0 Å². The number of hydrogen-bond acceptors (Lipinski definition) is 4. The molecule has 19 heavy (non-hydrogen) atoms. The van der Waals surface area contributed by atoms with Crippen molar-refractivity contribution in [1.29, 1.82) is 0 Å². The second-order valence-corrected chi connectivity index (χ2v) is 4.35. The number of nitrogens with two attached hydrogens (primary N) is 1. The number of benzene rings is 2. The summed E-state index contributed by atoms with van der Waals surface area (Å²) in [4.78, 5) is 24.7. The first kappa shape index (κ1) is 11.6. The molecule has 1 aliphatic carbocycles. The molecule has 0 heterocycles. The third kappa shape index (κ3) is 1.73. The van der Waals surface area contributed by atoms with Crippen molar-refractivity contribution >= 4 is 17.3 Å². The Balaban J connectivity index is 2.18. The van der Waals surface area contributed by atoms with Gasteiger partial charge in [0.05, 0.1) is 6.67 Å². The first-order valence-corrected chi connectivity index (χ1v) is 5.99. The van der Waals surface area contributed by atoms with E-state index in [-0.39, 0.29) is 18.2 Å². The number of nitrogens with one attached hydrogen (secondary N) is 1. The highest BCUT2D eigenvalue weighted by molar-refractivity contribution is 6.28. The fraction of sp³-hybridized carbons (Fsp3) is 0.0667. The molecule has 2 aromatic rings. The summed E-state index contributed by atoms with van der Waals surface area (Å²) in [5.41, 5.74) is 7.97. The maximum Gasteiger partial charge on any atom is 0.194 e. The summed E-state index contributed by atoms with van der Waals surface area (Å²) in [5.74, 6) is -0.227. The van der Waals surface area contributed by atoms with Crippen LogP contribution in [0.4, 0.5) is 5.69 Å². The van der Waals surface area contributed by atoms with Gasteiger partial charge >= 0.3 is 0 Å². The number of fused-ring (bicyclic) bond motifs is 2. The van der Waals surface area contributed by atoms with Gasteiger partial charge < -0.3 is 11.1 Å². The number of carbonyl (C=O) groups is 2. The molecule has 0 spiro atoms. The zero-order valence-electron chi connectivity index (χ0n) is 10.1. The molecule has 0 atom stereocenters. The zero-order valence-corrected chi connectivity index (χ0v) is 10.1. The smallest absolute Gasteiger partial charge is 0.194 e. The molecule has 0 radical (unpaired) electrons. The molecule has 4 heteroatoms. The van der Waals surface area contributed by atoms with Crippen LogP contribution in [0.1, 0.15) is 31.8 Å². The van der Waals surface area contributed by atoms with E-state index in [0.717, 1.165) is 5.69 Å². The Morgan fingerprint density at radius 1 is 0.842 bits per heavy atom. The van der Waals surface area contributed by atoms with E-state index in [0.29, 0.717) is 22.3 Å². The van der Waals surface area contributed by atoms with Crippen LogP contribution in [0.5, 0.6) is 0 Å². The maximum absolute atomic E-state index is 12.4. The van der Waals surface area contributed by atoms with E-state index in [4.69, 9.17) is 5.73 Å². The lowest BCUT2D eigenvalue weighted by molar-refractivity contribution is 0.0979. The van der Waals surface area contributed by atoms with Gasteiger partial charge in [-0.1, -0.05) is 24.3 Å². The lowest BCUT2D eigenvalue weighted by atomic mass is 9.84. The quantitative estimate of drug-likeness (QED) is 0.682. The first-order chi connectivity index (χ1) is 9.22. The average Bonchev–Trinajstić information content (AvgIpc) is 2.45. The normalized spacial score (nSPS) is 12.9. The summed E-state index contributed by atoms with van der Waals surface area (Å²) in [7, 11) is 0. The molecule has 0 saturated heterocycles. The fourth-order valence-corrected chi connectivity index (χ4v) is 2.33. The minimum absolute atomic E-state index is 0.107. The molecule has 0 amide bonds. The predicted molar refractivity (Wildman–Crippen MR) is 72.4 cm³/mol. The summed E-state index contributed by atoms with van der Waals surface area (Å²) in [6, 6.07) is 12.0. The van der Waals surface area contributed by atoms with Crippen LogP contribution in [0.3, 0.4) is 0 Å². The van der Waals surface area contributed by atoms with Gasteiger partial charge in [-0.05, 0) is 18.2 Å². The van der Waals surface area contributed by atoms with E-state index in [1.165, 1.54) is 0 Å². The van der Waals surface area contributed by atoms with Crippen molar-refractivity contribution in [3.63, 3.8) is 0 Å². The first-order valence-electron chi connectivity index (χ1n) is 5.99. The van der Waals surface area contributed by atoms with Gasteiger partial charge in [0.25, 0.3) is 0 Å². The average molecular weight is 252 g/mol. The summed E-state index contributed by atoms with van der Waals surface area (Å²) in [6.07, 6.45) is 0. The standard InChI is InChI=1S/C15H12N2O2/c16-8-17-9-5-6-12-13(7-9)15(19)11-4-2-1-3-10(11)14(12)18/h1-7,17H,8,16H2. The summed E-state index contributed by atoms with van der Waals surface area (Å²) >= 11 is 0. The van der Waals surface area contributed by atoms with Gasteiger partial charge in [0, 0.05) is 27.9 Å². The van der Waals surface area contributed by atoms with Crippen molar-refractivity contribution in [2.45, 2.75) is 0 Å². The van der Waals surface area contributed by atoms with E-state index >= 15 is 0 Å². The largest absolute Gasteiger partial charge is 0.373 e. The van der Waals surface area contributed by atoms with E-state index < -0.39 is 0 Å². The van der Waals surface area contributed by atoms with Gasteiger partial charge in [0.2, 0.25) is 0 Å². The minimum Gasteiger partial charge on any atom is -0.373 e. The van der Waals surface area contributed by atoms with Crippen LogP contribution in [0, 0.1) is 0 Å². The van der Waals surface area contributed by atoms with Crippen molar-refractivity contribution in [1.82, 2.24) is 0 Å². The second-order valence-electron chi connectivity index (χ2n) is 4.35. The monoisotopic (exact) mass is 252 g/mol. The van der Waals surface area contributed by atoms with Gasteiger partial charge in [-0.25, -0.2) is 0 Å². The molecule has 94 valence electrons. The van der Waals surface area contributed by atoms with E-state index in [1.807, 2.05) is 0 Å². The van der Waals surface area contributed by atoms with Gasteiger partial charge in [-0.3, -0.25) is 9.59 Å². The van der Waals surface area contributed by atoms with Crippen molar-refractivity contribution in [2.24, 2.45) is 5.73 Å². The molecule has 0 fully saturated rings. The van der Waals surface area contributed by atoms with Crippen LogP contribution in [0.25, 0.3) is 0 Å². The third-order valence-corrected chi connectivity index (χ3v) is 3.23. The van der Waals surface area contributed by atoms with Crippen molar-refractivity contribution in [3.05, 3.63) is 64.7 Å². The Morgan fingerprint density at radius 3 is 2.05 bits per heavy atom. The number of anilines is 1. The van der Waals surface area contributed by atoms with E-state index in [9.17, 15) is 9.59 Å². The molecule has 1 aliphatic rings. The van der Waals surface area contributed by atoms with Crippen LogP contribution in [0.2, 0.25) is 0 Å². The van der Waals surface area contributed by atoms with Crippen LogP contribution < -0.4 is 11.1 Å². The highest BCUT2D eigenvalue weighted by atomic mass is 16.1. The van der Waals surface area contributed by atoms with Crippen molar-refractivity contribution < 1.29 is 9.59 Å². The van der Waals surface area contributed by atoms with Gasteiger partial charge in [0.1, 0.15) is 0 Å². The highest BCUT2D eigenvalue weighted by Gasteiger charge is 2.29. The zero-order chi connectivity index (χ0) is 13.4. The molecule has 2 aromatic carbocycles. The Labute approximate surface area is 110 Å². The number of carbonyl (C=O) groups excluding carboxylic acids is 2. The number of rotatable bonds is 2. The molecule has 0 aromatic heterocycles. The highest BCUT2D eigenvalue weighted by Crippen LogP contribution is 2.28. The molecule has 3 N–H and O–H groups in total. The molecule has 0 aliphatic heterocycles. The Bertz CT molecular complexity index is 692. The van der Waals surface area contributed by atoms with Gasteiger partial charge in [-0.15, -0.1) is 0 Å². The number of hydrogen-bond donors (Lipinski definition) is 2. The van der Waals surface area contributed by atoms with Crippen LogP contribution in [-0.4, -0.2) is 18.2 Å². The SMILES string of the molecule is NCNc1ccc2c(c1)C(=O)c1ccccc1C2=O. The predicted octanol–water partition coefficient (Wildman–Crippen LogP) is 1.79. The molecule has 4 nitrogen and oxygen atoms in total. The summed E-state index contributed by atoms with van der Waals surface area (Å²) in [5, 5.41) is 2.93. The molecular formula is C15H12N2O2. The summed E-state index contributed by atoms with van der Waals surface area (Å²) in [6.45, 7) is 0.275. The van der Waals surface area contributed by atoms with Crippen molar-refractivity contribution in [3.8, 4) is 0 Å². The Morgan fingerprint density at radius 2 is 1.42 bits per heavy atom. The molecule has 3 rings (SSSR count). The van der Waals surface area contributed by atoms with Crippen molar-refractivity contribution in [2.75, 3.05) is 12.0 Å². The Kier molecular flexibility index (Phi) is 2.65. The van der Waals surface area contributed by atoms with Crippen LogP contribution >= 0.6 is 0 Å². The lowest BCUT2D eigenvalue weighted by Gasteiger charge is -2.18. The molecule has 0 bridgehead atoms. The topological polar surface area (TPSA) is 72.2 Å². The third-order valence-electron chi connectivity index (χ3n) is 3.23. The fourth-order valence-electron chi connectivity index (χ4n) is 2.33. The van der Waals surface area contributed by atoms with Crippen LogP contribution in [-0.2, 0) is 0 Å². The lowest BCUT2D eigenvalue weighted by Crippen LogP contribution is -2.21. The molecule has 0 saturated carbocycles. The molecule has 0 unspecified atom stereocenters.